The van der Waals surface area contributed by atoms with Crippen molar-refractivity contribution in [3.8, 4) is 0 Å². The molecule has 0 amide bonds. The number of hydrogen-bond donors (Lipinski definition) is 3. The fourth-order valence-electron chi connectivity index (χ4n) is 9.43. The number of hydrogen-bond acceptors (Lipinski definition) is 15. The van der Waals surface area contributed by atoms with Crippen molar-refractivity contribution in [3.63, 3.8) is 0 Å². The highest BCUT2D eigenvalue weighted by atomic mass is 31.2. The van der Waals surface area contributed by atoms with E-state index in [0.29, 0.717) is 31.6 Å². The molecule has 0 aromatic carbocycles. The second-order valence-electron chi connectivity index (χ2n) is 25.1. The first-order valence-corrected chi connectivity index (χ1v) is 36.2. The highest BCUT2D eigenvalue weighted by Crippen LogP contribution is 2.45. The molecular formula is C64H124O17P2. The largest absolute Gasteiger partial charge is 0.472 e. The van der Waals surface area contributed by atoms with Crippen molar-refractivity contribution in [2.45, 2.75) is 324 Å². The Labute approximate surface area is 505 Å². The normalized spacial score (nSPS) is 14.4. The maximum Gasteiger partial charge on any atom is 0.472 e. The van der Waals surface area contributed by atoms with Crippen molar-refractivity contribution in [2.24, 2.45) is 23.7 Å². The van der Waals surface area contributed by atoms with E-state index in [2.05, 4.69) is 55.4 Å². The summed E-state index contributed by atoms with van der Waals surface area (Å²) < 4.78 is 68.0. The van der Waals surface area contributed by atoms with Crippen LogP contribution in [-0.4, -0.2) is 96.7 Å². The van der Waals surface area contributed by atoms with Crippen LogP contribution in [0.4, 0.5) is 0 Å². The summed E-state index contributed by atoms with van der Waals surface area (Å²) in [4.78, 5) is 72.2. The van der Waals surface area contributed by atoms with Crippen LogP contribution in [-0.2, 0) is 65.4 Å². The van der Waals surface area contributed by atoms with Crippen molar-refractivity contribution in [1.82, 2.24) is 0 Å². The van der Waals surface area contributed by atoms with Crippen LogP contribution in [0.3, 0.4) is 0 Å². The van der Waals surface area contributed by atoms with Crippen molar-refractivity contribution < 1.29 is 80.2 Å². The first-order chi connectivity index (χ1) is 39.6. The van der Waals surface area contributed by atoms with Gasteiger partial charge in [-0.25, -0.2) is 9.13 Å². The monoisotopic (exact) mass is 1230 g/mol. The molecule has 0 aliphatic carbocycles. The molecule has 19 heteroatoms. The zero-order chi connectivity index (χ0) is 61.8. The second-order valence-corrected chi connectivity index (χ2v) is 28.0. The van der Waals surface area contributed by atoms with Gasteiger partial charge in [-0.1, -0.05) is 254 Å². The number of aliphatic hydroxyl groups is 1. The molecule has 0 aliphatic rings. The van der Waals surface area contributed by atoms with Gasteiger partial charge in [0, 0.05) is 25.7 Å². The smallest absolute Gasteiger partial charge is 0.462 e. The standard InChI is InChI=1S/C64H124O17P2/c1-54(2)40-32-24-16-9-12-20-28-36-44-61(66)74-50-59(80-63(68)46-38-30-22-14-11-18-26-34-42-56(5)6)52-78-82(70,71)76-48-58(65)49-77-83(72,73)79-53-60(81-64(69)47-39-31-23-15-19-27-35-43-57(7)8)51-75-62(67)45-37-29-21-13-10-17-25-33-41-55(3)4/h54-60,65H,9-53H2,1-8H3,(H,70,71)(H,72,73)/t58?,59-,60-/m1/s1. The summed E-state index contributed by atoms with van der Waals surface area (Å²) in [5, 5.41) is 10.5. The zero-order valence-corrected chi connectivity index (χ0v) is 55.6. The highest BCUT2D eigenvalue weighted by molar-refractivity contribution is 7.47. The number of phosphoric acid groups is 2. The van der Waals surface area contributed by atoms with Gasteiger partial charge in [0.25, 0.3) is 0 Å². The van der Waals surface area contributed by atoms with E-state index in [1.807, 2.05) is 0 Å². The van der Waals surface area contributed by atoms with E-state index in [4.69, 9.17) is 37.0 Å². The highest BCUT2D eigenvalue weighted by Gasteiger charge is 2.30. The Bertz CT molecular complexity index is 1660. The number of aliphatic hydroxyl groups excluding tert-OH is 1. The number of unbranched alkanes of at least 4 members (excludes halogenated alkanes) is 27. The van der Waals surface area contributed by atoms with Gasteiger partial charge in [-0.2, -0.15) is 0 Å². The summed E-state index contributed by atoms with van der Waals surface area (Å²) >= 11 is 0. The fourth-order valence-corrected chi connectivity index (χ4v) is 11.0. The Kier molecular flexibility index (Phi) is 53.0. The Morgan fingerprint density at radius 2 is 0.506 bits per heavy atom. The van der Waals surface area contributed by atoms with Gasteiger partial charge in [0.1, 0.15) is 19.3 Å². The molecule has 3 N–H and O–H groups in total. The molecule has 0 saturated carbocycles. The number of phosphoric ester groups is 2. The number of carbonyl (C=O) groups excluding carboxylic acids is 4. The summed E-state index contributed by atoms with van der Waals surface area (Å²) in [7, 11) is -9.89. The van der Waals surface area contributed by atoms with E-state index in [9.17, 15) is 43.2 Å². The molecular weight excluding hydrogens is 1100 g/mol. The van der Waals surface area contributed by atoms with E-state index >= 15 is 0 Å². The Balaban J connectivity index is 5.25. The van der Waals surface area contributed by atoms with Crippen molar-refractivity contribution in [3.05, 3.63) is 0 Å². The molecule has 0 aromatic heterocycles. The molecule has 3 unspecified atom stereocenters. The van der Waals surface area contributed by atoms with Crippen LogP contribution < -0.4 is 0 Å². The Hall–Kier alpha value is -1.94. The van der Waals surface area contributed by atoms with Gasteiger partial charge in [0.05, 0.1) is 26.4 Å². The van der Waals surface area contributed by atoms with E-state index < -0.39 is 97.5 Å². The minimum atomic E-state index is -4.94. The summed E-state index contributed by atoms with van der Waals surface area (Å²) in [5.74, 6) is 0.725. The molecule has 0 rings (SSSR count). The number of carbonyl (C=O) groups is 4. The molecule has 0 aromatic rings. The zero-order valence-electron chi connectivity index (χ0n) is 53.8. The quantitative estimate of drug-likeness (QED) is 0.0222. The molecule has 0 saturated heterocycles. The van der Waals surface area contributed by atoms with Gasteiger partial charge in [0.2, 0.25) is 0 Å². The van der Waals surface area contributed by atoms with Gasteiger partial charge in [-0.05, 0) is 49.4 Å². The lowest BCUT2D eigenvalue weighted by molar-refractivity contribution is -0.161. The van der Waals surface area contributed by atoms with Crippen LogP contribution in [0, 0.1) is 23.7 Å². The van der Waals surface area contributed by atoms with Gasteiger partial charge >= 0.3 is 39.5 Å². The van der Waals surface area contributed by atoms with Crippen LogP contribution in [0.15, 0.2) is 0 Å². The molecule has 0 radical (unpaired) electrons. The average molecular weight is 1230 g/mol. The topological polar surface area (TPSA) is 237 Å². The molecule has 0 fully saturated rings. The van der Waals surface area contributed by atoms with Gasteiger partial charge in [-0.15, -0.1) is 0 Å². The third-order valence-electron chi connectivity index (χ3n) is 14.6. The lowest BCUT2D eigenvalue weighted by atomic mass is 10.0. The molecule has 0 heterocycles. The molecule has 0 bridgehead atoms. The predicted molar refractivity (Wildman–Crippen MR) is 331 cm³/mol. The molecule has 0 spiro atoms. The van der Waals surface area contributed by atoms with Crippen molar-refractivity contribution >= 4 is 39.5 Å². The van der Waals surface area contributed by atoms with Crippen LogP contribution >= 0.6 is 15.6 Å². The number of rotatable bonds is 61. The van der Waals surface area contributed by atoms with Gasteiger partial charge in [0.15, 0.2) is 12.2 Å². The lowest BCUT2D eigenvalue weighted by Gasteiger charge is -2.21. The molecule has 0 aliphatic heterocycles. The number of ether oxygens (including phenoxy) is 4. The minimum absolute atomic E-state index is 0.102. The lowest BCUT2D eigenvalue weighted by Crippen LogP contribution is -2.30. The predicted octanol–water partition coefficient (Wildman–Crippen LogP) is 17.4. The average Bonchev–Trinajstić information content (AvgIpc) is 3.46. The van der Waals surface area contributed by atoms with E-state index in [0.717, 1.165) is 108 Å². The van der Waals surface area contributed by atoms with Crippen LogP contribution in [0.5, 0.6) is 0 Å². The molecule has 492 valence electrons. The molecule has 5 atom stereocenters. The summed E-state index contributed by atoms with van der Waals surface area (Å²) in [6.07, 6.45) is 33.7. The van der Waals surface area contributed by atoms with Crippen LogP contribution in [0.1, 0.15) is 306 Å². The number of esters is 4. The SMILES string of the molecule is CC(C)CCCCCCCCCCC(=O)OC[C@H](COP(=O)(O)OCC(O)COP(=O)(O)OC[C@@H](COC(=O)CCCCCCCCCCC(C)C)OC(=O)CCCCCCCCCC(C)C)OC(=O)CCCCCCCCCCC(C)C. The first-order valence-electron chi connectivity index (χ1n) is 33.2. The van der Waals surface area contributed by atoms with Gasteiger partial charge in [-0.3, -0.25) is 37.3 Å². The van der Waals surface area contributed by atoms with Crippen LogP contribution in [0.2, 0.25) is 0 Å². The minimum Gasteiger partial charge on any atom is -0.462 e. The van der Waals surface area contributed by atoms with Crippen molar-refractivity contribution in [2.75, 3.05) is 39.6 Å². The third-order valence-corrected chi connectivity index (χ3v) is 16.5. The fraction of sp³-hybridized carbons (Fsp3) is 0.938. The van der Waals surface area contributed by atoms with Crippen molar-refractivity contribution in [1.29, 1.82) is 0 Å². The third kappa shape index (κ3) is 58.8. The summed E-state index contributed by atoms with van der Waals surface area (Å²) in [6, 6.07) is 0. The summed E-state index contributed by atoms with van der Waals surface area (Å²) in [6.45, 7) is 13.9. The molecule has 17 nitrogen and oxygen atoms in total. The maximum atomic E-state index is 13.0. The van der Waals surface area contributed by atoms with E-state index in [-0.39, 0.29) is 25.7 Å². The second kappa shape index (κ2) is 54.2. The first kappa shape index (κ1) is 81.1. The van der Waals surface area contributed by atoms with E-state index in [1.165, 1.54) is 109 Å². The van der Waals surface area contributed by atoms with E-state index in [1.54, 1.807) is 0 Å². The Morgan fingerprint density at radius 3 is 0.747 bits per heavy atom. The Morgan fingerprint density at radius 1 is 0.301 bits per heavy atom. The summed E-state index contributed by atoms with van der Waals surface area (Å²) in [5.41, 5.74) is 0. The van der Waals surface area contributed by atoms with Crippen LogP contribution in [0.25, 0.3) is 0 Å². The molecule has 83 heavy (non-hydrogen) atoms. The maximum absolute atomic E-state index is 13.0. The van der Waals surface area contributed by atoms with Gasteiger partial charge < -0.3 is 33.8 Å².